The number of hydrogen-bond donors (Lipinski definition) is 2. The van der Waals surface area contributed by atoms with Gasteiger partial charge in [-0.15, -0.1) is 12.4 Å². The van der Waals surface area contributed by atoms with Gasteiger partial charge in [-0.1, -0.05) is 57.2 Å². The number of aromatic nitrogens is 4. The quantitative estimate of drug-likeness (QED) is 0.136. The Morgan fingerprint density at radius 3 is 1.57 bits per heavy atom. The molecule has 2 aromatic carbocycles. The number of nitriles is 2. The molecule has 0 aliphatic carbocycles. The lowest BCUT2D eigenvalue weighted by Crippen LogP contribution is -2.36. The number of nitrogens with zero attached hydrogens (tertiary/aromatic N) is 7. The van der Waals surface area contributed by atoms with E-state index >= 15 is 0 Å². The van der Waals surface area contributed by atoms with E-state index in [9.17, 15) is 37.3 Å². The first-order valence-electron chi connectivity index (χ1n) is 17.5. The summed E-state index contributed by atoms with van der Waals surface area (Å²) in [5, 5.41) is 31.5. The smallest absolute Gasteiger partial charge is 0.407 e. The summed E-state index contributed by atoms with van der Waals surface area (Å²) in [4.78, 5) is 21.4. The monoisotopic (exact) mass is 840 g/mol. The van der Waals surface area contributed by atoms with E-state index in [0.29, 0.717) is 28.9 Å². The molecule has 6 aromatic rings. The van der Waals surface area contributed by atoms with E-state index in [-0.39, 0.29) is 57.8 Å². The highest BCUT2D eigenvalue weighted by atomic mass is 35.5. The molecule has 0 aliphatic rings. The van der Waals surface area contributed by atoms with Crippen molar-refractivity contribution in [3.8, 4) is 34.7 Å². The first-order chi connectivity index (χ1) is 27.1. The normalized spacial score (nSPS) is 11.3. The first kappa shape index (κ1) is 44.4. The van der Waals surface area contributed by atoms with Crippen LogP contribution in [0.15, 0.2) is 132 Å². The summed E-state index contributed by atoms with van der Waals surface area (Å²) < 4.78 is 55.3. The predicted molar refractivity (Wildman–Crippen MR) is 221 cm³/mol. The molecule has 0 unspecified atom stereocenters. The summed E-state index contributed by atoms with van der Waals surface area (Å²) in [5.74, 6) is 0. The van der Waals surface area contributed by atoms with E-state index in [2.05, 4.69) is 15.3 Å². The van der Waals surface area contributed by atoms with Crippen LogP contribution in [0.1, 0.15) is 43.3 Å². The number of nitrogens with one attached hydrogen (secondary N) is 1. The Balaban J connectivity index is 0.000000259. The molecule has 4 aromatic heterocycles. The van der Waals surface area contributed by atoms with E-state index in [1.165, 1.54) is 39.6 Å². The van der Waals surface area contributed by atoms with Crippen LogP contribution in [0.5, 0.6) is 0 Å². The third-order valence-electron chi connectivity index (χ3n) is 8.35. The molecule has 0 spiro atoms. The molecule has 17 heteroatoms. The van der Waals surface area contributed by atoms with Gasteiger partial charge < -0.3 is 15.3 Å². The minimum Gasteiger partial charge on any atom is -0.465 e. The third-order valence-corrected chi connectivity index (χ3v) is 11.7. The molecule has 1 amide bonds. The standard InChI is InChI=1S/C23H24N4O4S.C18H16N4O2S.ClH/c1-23(2,3)16-26(22(28)29)14-17-12-21(19-10-7-11-25-20(19)13-24)27(15-17)32(30,31)18-8-5-4-6-9-18;1-20-12-14-10-18(16-8-5-9-21-17(16)11-19)22(13-14)25(23,24)15-6-3-2-4-7-15;/h4-12,15H,14,16H2,1-3H3,(H,28,29);2-10,13,20H,12H2,1H3;1H. The van der Waals surface area contributed by atoms with Crippen molar-refractivity contribution in [1.29, 1.82) is 10.5 Å². The molecule has 2 N–H and O–H groups in total. The van der Waals surface area contributed by atoms with Gasteiger partial charge in [-0.2, -0.15) is 10.5 Å². The highest BCUT2D eigenvalue weighted by Crippen LogP contribution is 2.31. The zero-order valence-electron chi connectivity index (χ0n) is 32.0. The second-order valence-corrected chi connectivity index (χ2v) is 17.6. The van der Waals surface area contributed by atoms with Crippen molar-refractivity contribution < 1.29 is 26.7 Å². The number of carboxylic acid groups (broad SMARTS) is 1. The fourth-order valence-corrected chi connectivity index (χ4v) is 8.79. The maximum absolute atomic E-state index is 13.4. The predicted octanol–water partition coefficient (Wildman–Crippen LogP) is 6.98. The molecule has 0 saturated heterocycles. The van der Waals surface area contributed by atoms with Gasteiger partial charge in [-0.05, 0) is 84.3 Å². The molecule has 0 aliphatic heterocycles. The van der Waals surface area contributed by atoms with Crippen molar-refractivity contribution >= 4 is 38.5 Å². The van der Waals surface area contributed by atoms with E-state index in [1.54, 1.807) is 98.2 Å². The highest BCUT2D eigenvalue weighted by Gasteiger charge is 2.27. The van der Waals surface area contributed by atoms with Gasteiger partial charge in [0, 0.05) is 49.0 Å². The Kier molecular flexibility index (Phi) is 14.4. The Morgan fingerprint density at radius 1 is 0.741 bits per heavy atom. The zero-order chi connectivity index (χ0) is 41.4. The molecule has 6 rings (SSSR count). The molecule has 300 valence electrons. The number of halogens is 1. The molecular weight excluding hydrogens is 800 g/mol. The van der Waals surface area contributed by atoms with Gasteiger partial charge in [-0.25, -0.2) is 39.5 Å². The van der Waals surface area contributed by atoms with Gasteiger partial charge in [-0.3, -0.25) is 0 Å². The first-order valence-corrected chi connectivity index (χ1v) is 20.4. The van der Waals surface area contributed by atoms with Crippen LogP contribution < -0.4 is 5.32 Å². The fourth-order valence-electron chi connectivity index (χ4n) is 5.97. The van der Waals surface area contributed by atoms with Crippen LogP contribution in [0.2, 0.25) is 0 Å². The number of carbonyl (C=O) groups is 1. The molecule has 0 atom stereocenters. The van der Waals surface area contributed by atoms with Crippen molar-refractivity contribution in [3.63, 3.8) is 0 Å². The average Bonchev–Trinajstić information content (AvgIpc) is 3.84. The van der Waals surface area contributed by atoms with Crippen LogP contribution in [-0.4, -0.2) is 64.4 Å². The topological polar surface area (TPSA) is 204 Å². The molecular formula is C41H41ClN8O6S2. The van der Waals surface area contributed by atoms with Gasteiger partial charge in [0.25, 0.3) is 20.0 Å². The number of pyridine rings is 2. The molecule has 0 bridgehead atoms. The van der Waals surface area contributed by atoms with Crippen molar-refractivity contribution in [3.05, 3.63) is 144 Å². The highest BCUT2D eigenvalue weighted by molar-refractivity contribution is 7.90. The Morgan fingerprint density at radius 2 is 1.17 bits per heavy atom. The van der Waals surface area contributed by atoms with Crippen LogP contribution in [0.4, 0.5) is 4.79 Å². The molecule has 0 saturated carbocycles. The van der Waals surface area contributed by atoms with Crippen LogP contribution in [-0.2, 0) is 33.1 Å². The number of amides is 1. The van der Waals surface area contributed by atoms with Gasteiger partial charge in [0.1, 0.15) is 23.5 Å². The second kappa shape index (κ2) is 18.8. The van der Waals surface area contributed by atoms with Crippen LogP contribution in [0, 0.1) is 28.1 Å². The van der Waals surface area contributed by atoms with Crippen molar-refractivity contribution in [2.45, 2.75) is 43.7 Å². The summed E-state index contributed by atoms with van der Waals surface area (Å²) in [5.41, 5.74) is 2.74. The lowest BCUT2D eigenvalue weighted by Gasteiger charge is -2.27. The van der Waals surface area contributed by atoms with Gasteiger partial charge in [0.2, 0.25) is 0 Å². The molecule has 4 heterocycles. The summed E-state index contributed by atoms with van der Waals surface area (Å²) in [6.45, 7) is 6.55. The van der Waals surface area contributed by atoms with Crippen LogP contribution in [0.3, 0.4) is 0 Å². The minimum absolute atomic E-state index is 0. The number of benzene rings is 2. The lowest BCUT2D eigenvalue weighted by molar-refractivity contribution is 0.123. The zero-order valence-corrected chi connectivity index (χ0v) is 34.5. The van der Waals surface area contributed by atoms with Gasteiger partial charge >= 0.3 is 6.09 Å². The van der Waals surface area contributed by atoms with Gasteiger partial charge in [0.15, 0.2) is 0 Å². The Bertz CT molecular complexity index is 2680. The summed E-state index contributed by atoms with van der Waals surface area (Å²) in [6.07, 6.45) is 4.85. The molecule has 0 radical (unpaired) electrons. The molecule has 58 heavy (non-hydrogen) atoms. The second-order valence-electron chi connectivity index (χ2n) is 13.9. The maximum atomic E-state index is 13.4. The van der Waals surface area contributed by atoms with Gasteiger partial charge in [0.05, 0.1) is 27.7 Å². The lowest BCUT2D eigenvalue weighted by atomic mass is 9.96. The van der Waals surface area contributed by atoms with E-state index in [1.807, 2.05) is 32.9 Å². The van der Waals surface area contributed by atoms with Crippen LogP contribution in [0.25, 0.3) is 22.5 Å². The number of rotatable bonds is 11. The molecule has 0 fully saturated rings. The Hall–Kier alpha value is -6.30. The fraction of sp³-hybridized carbons (Fsp3) is 0.195. The summed E-state index contributed by atoms with van der Waals surface area (Å²) >= 11 is 0. The number of hydrogen-bond acceptors (Lipinski definition) is 10. The van der Waals surface area contributed by atoms with Crippen molar-refractivity contribution in [2.24, 2.45) is 5.41 Å². The van der Waals surface area contributed by atoms with E-state index in [4.69, 9.17) is 0 Å². The average molecular weight is 841 g/mol. The summed E-state index contributed by atoms with van der Waals surface area (Å²) in [6, 6.07) is 30.1. The van der Waals surface area contributed by atoms with Crippen LogP contribution >= 0.6 is 12.4 Å². The SMILES string of the molecule is CC(C)(C)CN(Cc1cc(-c2cccnc2C#N)n(S(=O)(=O)c2ccccc2)c1)C(=O)O.CNCc1cc(-c2cccnc2C#N)n(S(=O)(=O)c2ccccc2)c1.Cl. The maximum Gasteiger partial charge on any atom is 0.407 e. The van der Waals surface area contributed by atoms with E-state index < -0.39 is 26.1 Å². The third kappa shape index (κ3) is 10.2. The largest absolute Gasteiger partial charge is 0.465 e. The minimum atomic E-state index is -4.00. The van der Waals surface area contributed by atoms with Crippen molar-refractivity contribution in [1.82, 2.24) is 28.1 Å². The Labute approximate surface area is 344 Å². The summed E-state index contributed by atoms with van der Waals surface area (Å²) in [7, 11) is -6.00. The van der Waals surface area contributed by atoms with E-state index in [0.717, 1.165) is 9.54 Å². The molecule has 14 nitrogen and oxygen atoms in total. The van der Waals surface area contributed by atoms with Crippen molar-refractivity contribution in [2.75, 3.05) is 13.6 Å².